The van der Waals surface area contributed by atoms with E-state index in [2.05, 4.69) is 16.7 Å². The Balaban J connectivity index is 1.53. The van der Waals surface area contributed by atoms with Crippen molar-refractivity contribution in [2.75, 3.05) is 11.9 Å². The number of nitrogens with zero attached hydrogens (tertiary/aromatic N) is 2. The summed E-state index contributed by atoms with van der Waals surface area (Å²) in [7, 11) is 0. The summed E-state index contributed by atoms with van der Waals surface area (Å²) in [5, 5.41) is 16.0. The van der Waals surface area contributed by atoms with Gasteiger partial charge in [0.15, 0.2) is 0 Å². The lowest BCUT2D eigenvalue weighted by molar-refractivity contribution is -0.133. The molecule has 0 aliphatic carbocycles. The van der Waals surface area contributed by atoms with Gasteiger partial charge < -0.3 is 10.6 Å². The summed E-state index contributed by atoms with van der Waals surface area (Å²) in [4.78, 5) is 39.2. The Bertz CT molecular complexity index is 1220. The van der Waals surface area contributed by atoms with Gasteiger partial charge in [-0.15, -0.1) is 0 Å². The maximum absolute atomic E-state index is 13.2. The number of nitriles is 1. The van der Waals surface area contributed by atoms with Gasteiger partial charge in [0.25, 0.3) is 5.91 Å². The van der Waals surface area contributed by atoms with Crippen LogP contribution < -0.4 is 10.6 Å². The largest absolute Gasteiger partial charge is 0.325 e. The highest BCUT2D eigenvalue weighted by Crippen LogP contribution is 2.33. The molecule has 0 saturated carbocycles. The van der Waals surface area contributed by atoms with E-state index in [1.54, 1.807) is 31.2 Å². The molecule has 31 heavy (non-hydrogen) atoms. The summed E-state index contributed by atoms with van der Waals surface area (Å²) in [5.74, 6) is -0.966. The zero-order valence-electron chi connectivity index (χ0n) is 16.9. The number of carbonyl (C=O) groups excluding carboxylic acids is 3. The van der Waals surface area contributed by atoms with E-state index in [0.717, 1.165) is 21.2 Å². The fourth-order valence-electron chi connectivity index (χ4n) is 3.83. The number of hydrogen-bond donors (Lipinski definition) is 2. The summed E-state index contributed by atoms with van der Waals surface area (Å²) >= 11 is 0. The van der Waals surface area contributed by atoms with Crippen LogP contribution >= 0.6 is 0 Å². The van der Waals surface area contributed by atoms with E-state index < -0.39 is 29.9 Å². The zero-order chi connectivity index (χ0) is 22.0. The van der Waals surface area contributed by atoms with E-state index in [-0.39, 0.29) is 6.42 Å². The number of nitrogens with one attached hydrogen (secondary N) is 2. The van der Waals surface area contributed by atoms with Crippen LogP contribution in [0.25, 0.3) is 10.8 Å². The van der Waals surface area contributed by atoms with Gasteiger partial charge in [-0.2, -0.15) is 5.26 Å². The van der Waals surface area contributed by atoms with E-state index in [9.17, 15) is 14.4 Å². The molecule has 7 nitrogen and oxygen atoms in total. The fourth-order valence-corrected chi connectivity index (χ4v) is 3.83. The number of urea groups is 1. The second kappa shape index (κ2) is 7.92. The summed E-state index contributed by atoms with van der Waals surface area (Å²) in [5.41, 5.74) is 0.771. The van der Waals surface area contributed by atoms with Crippen LogP contribution in [0.2, 0.25) is 0 Å². The molecule has 4 amide bonds. The second-order valence-corrected chi connectivity index (χ2v) is 7.55. The maximum atomic E-state index is 13.2. The highest BCUT2D eigenvalue weighted by Gasteiger charge is 2.50. The number of rotatable bonds is 5. The van der Waals surface area contributed by atoms with Gasteiger partial charge in [-0.05, 0) is 41.0 Å². The van der Waals surface area contributed by atoms with Crippen molar-refractivity contribution in [1.29, 1.82) is 5.26 Å². The fraction of sp³-hybridized carbons (Fsp3) is 0.167. The van der Waals surface area contributed by atoms with E-state index in [1.165, 1.54) is 0 Å². The maximum Gasteiger partial charge on any atom is 0.325 e. The Labute approximate surface area is 179 Å². The molecule has 0 unspecified atom stereocenters. The van der Waals surface area contributed by atoms with Crippen molar-refractivity contribution in [1.82, 2.24) is 10.2 Å². The number of carbonyl (C=O) groups is 3. The number of anilines is 1. The summed E-state index contributed by atoms with van der Waals surface area (Å²) in [6.45, 7) is 1.26. The van der Waals surface area contributed by atoms with E-state index >= 15 is 0 Å². The van der Waals surface area contributed by atoms with Gasteiger partial charge in [0, 0.05) is 5.69 Å². The SMILES string of the molecule is C[C@@]1(c2cccc3ccccc23)NC(=O)N(CC(=O)Nc2ccc(CC#N)cc2)C1=O. The minimum atomic E-state index is -1.27. The van der Waals surface area contributed by atoms with Crippen LogP contribution in [0, 0.1) is 11.3 Å². The molecule has 154 valence electrons. The predicted octanol–water partition coefficient (Wildman–Crippen LogP) is 3.31. The first kappa shape index (κ1) is 20.1. The number of fused-ring (bicyclic) bond motifs is 1. The van der Waals surface area contributed by atoms with Crippen LogP contribution in [-0.4, -0.2) is 29.3 Å². The van der Waals surface area contributed by atoms with E-state index in [0.29, 0.717) is 11.3 Å². The summed E-state index contributed by atoms with van der Waals surface area (Å²) < 4.78 is 0. The van der Waals surface area contributed by atoms with Crippen molar-refractivity contribution in [3.05, 3.63) is 77.9 Å². The molecule has 7 heteroatoms. The lowest BCUT2D eigenvalue weighted by Gasteiger charge is -2.24. The summed E-state index contributed by atoms with van der Waals surface area (Å²) in [6, 6.07) is 21.5. The number of amides is 4. The molecule has 0 aromatic heterocycles. The first-order chi connectivity index (χ1) is 14.9. The Morgan fingerprint density at radius 1 is 1.06 bits per heavy atom. The van der Waals surface area contributed by atoms with Crippen LogP contribution in [-0.2, 0) is 21.5 Å². The van der Waals surface area contributed by atoms with Gasteiger partial charge >= 0.3 is 6.03 Å². The van der Waals surface area contributed by atoms with Gasteiger partial charge in [-0.3, -0.25) is 14.5 Å². The number of imide groups is 1. The van der Waals surface area contributed by atoms with Crippen LogP contribution in [0.1, 0.15) is 18.1 Å². The van der Waals surface area contributed by atoms with Gasteiger partial charge in [0.05, 0.1) is 12.5 Å². The Morgan fingerprint density at radius 3 is 2.52 bits per heavy atom. The second-order valence-electron chi connectivity index (χ2n) is 7.55. The van der Waals surface area contributed by atoms with Gasteiger partial charge in [0.2, 0.25) is 5.91 Å². The molecule has 1 aliphatic heterocycles. The van der Waals surface area contributed by atoms with Crippen molar-refractivity contribution >= 4 is 34.3 Å². The molecule has 1 aliphatic rings. The van der Waals surface area contributed by atoms with Crippen molar-refractivity contribution in [3.8, 4) is 6.07 Å². The molecule has 2 N–H and O–H groups in total. The molecular formula is C24H20N4O3. The molecule has 3 aromatic rings. The molecule has 1 atom stereocenters. The minimum absolute atomic E-state index is 0.281. The molecule has 1 saturated heterocycles. The summed E-state index contributed by atoms with van der Waals surface area (Å²) in [6.07, 6.45) is 0.281. The zero-order valence-corrected chi connectivity index (χ0v) is 16.9. The first-order valence-electron chi connectivity index (χ1n) is 9.80. The number of hydrogen-bond acceptors (Lipinski definition) is 4. The number of benzene rings is 3. The van der Waals surface area contributed by atoms with Gasteiger partial charge in [0.1, 0.15) is 12.1 Å². The van der Waals surface area contributed by atoms with Gasteiger partial charge in [-0.1, -0.05) is 54.6 Å². The van der Waals surface area contributed by atoms with Crippen LogP contribution in [0.5, 0.6) is 0 Å². The van der Waals surface area contributed by atoms with Crippen LogP contribution in [0.3, 0.4) is 0 Å². The van der Waals surface area contributed by atoms with Crippen molar-refractivity contribution < 1.29 is 14.4 Å². The average Bonchev–Trinajstić information content (AvgIpc) is 2.98. The predicted molar refractivity (Wildman–Crippen MR) is 116 cm³/mol. The average molecular weight is 412 g/mol. The third-order valence-corrected chi connectivity index (χ3v) is 5.43. The Kier molecular flexibility index (Phi) is 5.14. The molecule has 0 bridgehead atoms. The van der Waals surface area contributed by atoms with Crippen molar-refractivity contribution in [3.63, 3.8) is 0 Å². The van der Waals surface area contributed by atoms with Crippen molar-refractivity contribution in [2.45, 2.75) is 18.9 Å². The van der Waals surface area contributed by atoms with Crippen LogP contribution in [0.4, 0.5) is 10.5 Å². The minimum Gasteiger partial charge on any atom is -0.325 e. The molecule has 3 aromatic carbocycles. The Hall–Kier alpha value is -4.18. The topological polar surface area (TPSA) is 102 Å². The highest BCUT2D eigenvalue weighted by molar-refractivity contribution is 6.11. The molecule has 4 rings (SSSR count). The van der Waals surface area contributed by atoms with E-state index in [1.807, 2.05) is 42.5 Å². The van der Waals surface area contributed by atoms with E-state index in [4.69, 9.17) is 5.26 Å². The molecule has 1 heterocycles. The smallest absolute Gasteiger partial charge is 0.325 e. The molecule has 0 radical (unpaired) electrons. The standard InChI is InChI=1S/C24H20N4O3/c1-24(20-8-4-6-17-5-2-3-7-19(17)20)22(30)28(23(31)27-24)15-21(29)26-18-11-9-16(10-12-18)13-14-25/h2-12H,13,15H2,1H3,(H,26,29)(H,27,31)/t24-/m0/s1. The lowest BCUT2D eigenvalue weighted by atomic mass is 9.88. The normalized spacial score (nSPS) is 18.0. The van der Waals surface area contributed by atoms with Gasteiger partial charge in [-0.25, -0.2) is 4.79 Å². The third-order valence-electron chi connectivity index (χ3n) is 5.43. The lowest BCUT2D eigenvalue weighted by Crippen LogP contribution is -2.42. The monoisotopic (exact) mass is 412 g/mol. The molecule has 0 spiro atoms. The van der Waals surface area contributed by atoms with Crippen LogP contribution in [0.15, 0.2) is 66.7 Å². The van der Waals surface area contributed by atoms with Crippen molar-refractivity contribution in [2.24, 2.45) is 0 Å². The molecular weight excluding hydrogens is 392 g/mol. The Morgan fingerprint density at radius 2 is 1.77 bits per heavy atom. The molecule has 1 fully saturated rings. The quantitative estimate of drug-likeness (QED) is 0.628. The highest BCUT2D eigenvalue weighted by atomic mass is 16.2. The first-order valence-corrected chi connectivity index (χ1v) is 9.80. The third kappa shape index (κ3) is 3.71.